The molecule has 1 saturated carbocycles. The molecule has 0 aromatic carbocycles. The van der Waals surface area contributed by atoms with Gasteiger partial charge in [-0.1, -0.05) is 11.3 Å². The van der Waals surface area contributed by atoms with Crippen LogP contribution in [0.3, 0.4) is 0 Å². The van der Waals surface area contributed by atoms with Crippen molar-refractivity contribution in [2.75, 3.05) is 5.32 Å². The van der Waals surface area contributed by atoms with Crippen LogP contribution in [0.15, 0.2) is 12.3 Å². The molecule has 1 fully saturated rings. The van der Waals surface area contributed by atoms with Crippen molar-refractivity contribution in [1.29, 1.82) is 0 Å². The molecule has 1 amide bonds. The van der Waals surface area contributed by atoms with Gasteiger partial charge in [0, 0.05) is 17.7 Å². The van der Waals surface area contributed by atoms with Gasteiger partial charge in [0.25, 0.3) is 0 Å². The van der Waals surface area contributed by atoms with E-state index in [4.69, 9.17) is 0 Å². The molecule has 7 nitrogen and oxygen atoms in total. The van der Waals surface area contributed by atoms with E-state index in [0.717, 1.165) is 34.9 Å². The lowest BCUT2D eigenvalue weighted by atomic mass is 10.0. The van der Waals surface area contributed by atoms with Crippen LogP contribution in [0.4, 0.5) is 5.82 Å². The molecule has 1 atom stereocenters. The molecule has 23 heavy (non-hydrogen) atoms. The summed E-state index contributed by atoms with van der Waals surface area (Å²) in [6, 6.07) is 1.93. The lowest BCUT2D eigenvalue weighted by molar-refractivity contribution is -0.115. The van der Waals surface area contributed by atoms with Gasteiger partial charge < -0.3 is 5.32 Å². The third-order valence-corrected chi connectivity index (χ3v) is 4.85. The number of fused-ring (bicyclic) bond motifs is 1. The van der Waals surface area contributed by atoms with E-state index in [2.05, 4.69) is 32.0 Å². The number of nitrogens with one attached hydrogen (secondary N) is 2. The minimum atomic E-state index is -0.122. The van der Waals surface area contributed by atoms with Gasteiger partial charge in [-0.2, -0.15) is 10.2 Å². The fourth-order valence-electron chi connectivity index (χ4n) is 2.93. The number of aromatic amines is 1. The minimum absolute atomic E-state index is 0.122. The van der Waals surface area contributed by atoms with Gasteiger partial charge in [0.05, 0.1) is 18.3 Å². The molecule has 119 valence electrons. The van der Waals surface area contributed by atoms with Gasteiger partial charge in [-0.3, -0.25) is 9.89 Å². The number of hydrogen-bond donors (Lipinski definition) is 2. The SMILES string of the molecule is Cc1nn2cc(CC(=O)Nc3cc([C@H]4C[CH]CC4)[nH]n3)nc2s1. The van der Waals surface area contributed by atoms with Crippen LogP contribution in [-0.2, 0) is 11.2 Å². The van der Waals surface area contributed by atoms with Crippen molar-refractivity contribution in [2.24, 2.45) is 0 Å². The van der Waals surface area contributed by atoms with Crippen LogP contribution < -0.4 is 5.32 Å². The summed E-state index contributed by atoms with van der Waals surface area (Å²) in [5, 5.41) is 15.3. The zero-order chi connectivity index (χ0) is 15.8. The fourth-order valence-corrected chi connectivity index (χ4v) is 3.67. The first-order valence-corrected chi connectivity index (χ1v) is 8.47. The maximum atomic E-state index is 12.1. The molecule has 4 rings (SSSR count). The average molecular weight is 329 g/mol. The van der Waals surface area contributed by atoms with Gasteiger partial charge in [0.15, 0.2) is 5.82 Å². The number of aromatic nitrogens is 5. The van der Waals surface area contributed by atoms with Crippen molar-refractivity contribution in [2.45, 2.75) is 38.5 Å². The predicted octanol–water partition coefficient (Wildman–Crippen LogP) is 2.48. The minimum Gasteiger partial charge on any atom is -0.309 e. The first-order valence-electron chi connectivity index (χ1n) is 7.66. The van der Waals surface area contributed by atoms with Crippen molar-refractivity contribution >= 4 is 28.0 Å². The van der Waals surface area contributed by atoms with E-state index < -0.39 is 0 Å². The molecule has 2 N–H and O–H groups in total. The van der Waals surface area contributed by atoms with Crippen molar-refractivity contribution in [3.8, 4) is 0 Å². The summed E-state index contributed by atoms with van der Waals surface area (Å²) in [7, 11) is 0. The number of H-pyrrole nitrogens is 1. The monoisotopic (exact) mass is 329 g/mol. The Morgan fingerprint density at radius 3 is 3.26 bits per heavy atom. The average Bonchev–Trinajstić information content (AvgIpc) is 3.21. The van der Waals surface area contributed by atoms with Crippen LogP contribution in [0.5, 0.6) is 0 Å². The van der Waals surface area contributed by atoms with Crippen molar-refractivity contribution in [3.63, 3.8) is 0 Å². The van der Waals surface area contributed by atoms with Crippen molar-refractivity contribution in [3.05, 3.63) is 35.1 Å². The number of carbonyl (C=O) groups is 1. The second-order valence-corrected chi connectivity index (χ2v) is 6.97. The highest BCUT2D eigenvalue weighted by atomic mass is 32.1. The number of carbonyl (C=O) groups excluding carboxylic acids is 1. The summed E-state index contributed by atoms with van der Waals surface area (Å²) in [5.74, 6) is 0.956. The van der Waals surface area contributed by atoms with Gasteiger partial charge in [0.1, 0.15) is 5.01 Å². The zero-order valence-electron chi connectivity index (χ0n) is 12.7. The summed E-state index contributed by atoms with van der Waals surface area (Å²) in [4.78, 5) is 17.4. The highest BCUT2D eigenvalue weighted by Gasteiger charge is 2.20. The van der Waals surface area contributed by atoms with E-state index >= 15 is 0 Å². The predicted molar refractivity (Wildman–Crippen MR) is 87.4 cm³/mol. The van der Waals surface area contributed by atoms with Crippen LogP contribution in [-0.4, -0.2) is 30.7 Å². The molecule has 0 unspecified atom stereocenters. The van der Waals surface area contributed by atoms with E-state index in [-0.39, 0.29) is 12.3 Å². The first-order chi connectivity index (χ1) is 11.2. The van der Waals surface area contributed by atoms with Crippen molar-refractivity contribution < 1.29 is 4.79 Å². The molecule has 3 heterocycles. The Bertz CT molecular complexity index is 810. The maximum Gasteiger partial charge on any atom is 0.231 e. The van der Waals surface area contributed by atoms with Crippen molar-refractivity contribution in [1.82, 2.24) is 24.8 Å². The lowest BCUT2D eigenvalue weighted by Crippen LogP contribution is -2.14. The van der Waals surface area contributed by atoms with Crippen LogP contribution in [0, 0.1) is 13.3 Å². The Morgan fingerprint density at radius 1 is 1.57 bits per heavy atom. The summed E-state index contributed by atoms with van der Waals surface area (Å²) in [6.07, 6.45) is 7.68. The molecule has 1 aliphatic carbocycles. The Labute approximate surface area is 137 Å². The topological polar surface area (TPSA) is 88.0 Å². The number of anilines is 1. The molecule has 3 aromatic heterocycles. The Morgan fingerprint density at radius 2 is 2.48 bits per heavy atom. The third-order valence-electron chi connectivity index (χ3n) is 4.01. The number of imidazole rings is 1. The fraction of sp³-hybridized carbons (Fsp3) is 0.400. The normalized spacial score (nSPS) is 15.5. The van der Waals surface area contributed by atoms with E-state index in [0.29, 0.717) is 17.4 Å². The van der Waals surface area contributed by atoms with Gasteiger partial charge in [-0.05, 0) is 32.6 Å². The quantitative estimate of drug-likeness (QED) is 0.769. The zero-order valence-corrected chi connectivity index (χ0v) is 13.6. The molecule has 0 saturated heterocycles. The number of rotatable bonds is 4. The van der Waals surface area contributed by atoms with E-state index in [1.165, 1.54) is 11.3 Å². The Kier molecular flexibility index (Phi) is 3.60. The van der Waals surface area contributed by atoms with Crippen LogP contribution >= 0.6 is 11.3 Å². The summed E-state index contributed by atoms with van der Waals surface area (Å²) in [6.45, 7) is 1.93. The van der Waals surface area contributed by atoms with Gasteiger partial charge in [-0.25, -0.2) is 9.50 Å². The number of aryl methyl sites for hydroxylation is 1. The molecule has 3 aromatic rings. The summed E-state index contributed by atoms with van der Waals surface area (Å²) in [5.41, 5.74) is 1.80. The number of nitrogens with zero attached hydrogens (tertiary/aromatic N) is 4. The molecule has 8 heteroatoms. The van der Waals surface area contributed by atoms with Crippen LogP contribution in [0.1, 0.15) is 41.6 Å². The third kappa shape index (κ3) is 2.98. The highest BCUT2D eigenvalue weighted by molar-refractivity contribution is 7.16. The molecule has 1 aliphatic rings. The maximum absolute atomic E-state index is 12.1. The molecule has 0 aliphatic heterocycles. The van der Waals surface area contributed by atoms with E-state index in [1.54, 1.807) is 10.7 Å². The second kappa shape index (κ2) is 5.77. The number of hydrogen-bond acceptors (Lipinski definition) is 5. The Balaban J connectivity index is 1.40. The van der Waals surface area contributed by atoms with Gasteiger partial charge in [-0.15, -0.1) is 0 Å². The largest absolute Gasteiger partial charge is 0.309 e. The van der Waals surface area contributed by atoms with Crippen LogP contribution in [0.25, 0.3) is 4.96 Å². The van der Waals surface area contributed by atoms with Gasteiger partial charge in [0.2, 0.25) is 10.9 Å². The number of amides is 1. The molecule has 1 radical (unpaired) electrons. The second-order valence-electron chi connectivity index (χ2n) is 5.81. The highest BCUT2D eigenvalue weighted by Crippen LogP contribution is 2.33. The lowest BCUT2D eigenvalue weighted by Gasteiger charge is -2.03. The first kappa shape index (κ1) is 14.4. The van der Waals surface area contributed by atoms with E-state index in [9.17, 15) is 4.79 Å². The standard InChI is InChI=1S/C15H17N6OS/c1-9-20-21-8-11(16-15(21)23-9)6-14(22)17-13-7-12(18-19-13)10-4-2-3-5-10/h2,7-8,10H,3-6H2,1H3,(H2,17,18,19,22)/t10-/m0/s1. The molecular formula is C15H17N6OS. The summed E-state index contributed by atoms with van der Waals surface area (Å²) < 4.78 is 1.71. The van der Waals surface area contributed by atoms with Crippen LogP contribution in [0.2, 0.25) is 0 Å². The van der Waals surface area contributed by atoms with Gasteiger partial charge >= 0.3 is 0 Å². The summed E-state index contributed by atoms with van der Waals surface area (Å²) >= 11 is 1.51. The Hall–Kier alpha value is -2.22. The van der Waals surface area contributed by atoms with E-state index in [1.807, 2.05) is 13.0 Å². The smallest absolute Gasteiger partial charge is 0.231 e. The molecular weight excluding hydrogens is 312 g/mol. The molecule has 0 spiro atoms. The molecule has 0 bridgehead atoms.